The summed E-state index contributed by atoms with van der Waals surface area (Å²) < 4.78 is 1.80. The van der Waals surface area contributed by atoms with Gasteiger partial charge in [0.15, 0.2) is 0 Å². The number of imidazole rings is 1. The maximum absolute atomic E-state index is 10.9. The topological polar surface area (TPSA) is 113 Å². The second-order valence-corrected chi connectivity index (χ2v) is 6.83. The molecule has 0 saturated carbocycles. The Morgan fingerprint density at radius 1 is 1.30 bits per heavy atom. The van der Waals surface area contributed by atoms with E-state index in [1.165, 1.54) is 0 Å². The van der Waals surface area contributed by atoms with Crippen LogP contribution in [0.4, 0.5) is 10.5 Å². The third-order valence-corrected chi connectivity index (χ3v) is 4.73. The Hall–Kier alpha value is -2.48. The van der Waals surface area contributed by atoms with Crippen molar-refractivity contribution in [3.8, 4) is 0 Å². The zero-order valence-corrected chi connectivity index (χ0v) is 15.7. The number of benzene rings is 2. The first-order valence-corrected chi connectivity index (χ1v) is 8.98. The average molecular weight is 409 g/mol. The van der Waals surface area contributed by atoms with Crippen LogP contribution in [0.3, 0.4) is 0 Å². The molecular formula is C18H18Cl2N4O3. The molecule has 5 N–H and O–H groups in total. The van der Waals surface area contributed by atoms with Crippen molar-refractivity contribution in [2.24, 2.45) is 0 Å². The number of hydrogen-bond donors (Lipinski definition) is 4. The van der Waals surface area contributed by atoms with Crippen molar-refractivity contribution in [3.63, 3.8) is 0 Å². The molecule has 1 amide bonds. The quantitative estimate of drug-likeness (QED) is 0.367. The number of halogens is 2. The first-order valence-electron chi connectivity index (χ1n) is 8.23. The second kappa shape index (κ2) is 8.04. The molecular weight excluding hydrogens is 391 g/mol. The van der Waals surface area contributed by atoms with Crippen molar-refractivity contribution >= 4 is 46.0 Å². The third-order valence-electron chi connectivity index (χ3n) is 4.16. The van der Waals surface area contributed by atoms with Crippen LogP contribution in [0.25, 0.3) is 11.0 Å². The van der Waals surface area contributed by atoms with Crippen LogP contribution < -0.4 is 11.1 Å². The molecule has 0 aliphatic rings. The maximum Gasteiger partial charge on any atom is 0.404 e. The number of nitrogen functional groups attached to an aromatic ring is 1. The molecule has 7 nitrogen and oxygen atoms in total. The van der Waals surface area contributed by atoms with E-state index in [1.54, 1.807) is 41.0 Å². The Bertz CT molecular complexity index is 990. The van der Waals surface area contributed by atoms with Gasteiger partial charge in [-0.2, -0.15) is 0 Å². The molecule has 0 bridgehead atoms. The Kier molecular flexibility index (Phi) is 5.74. The minimum atomic E-state index is -1.09. The summed E-state index contributed by atoms with van der Waals surface area (Å²) in [4.78, 5) is 15.2. The highest BCUT2D eigenvalue weighted by Gasteiger charge is 2.22. The lowest BCUT2D eigenvalue weighted by Crippen LogP contribution is -2.23. The van der Waals surface area contributed by atoms with Gasteiger partial charge in [-0.1, -0.05) is 35.3 Å². The molecule has 1 aromatic heterocycles. The number of para-hydroxylation sites is 1. The van der Waals surface area contributed by atoms with E-state index in [9.17, 15) is 9.90 Å². The van der Waals surface area contributed by atoms with Gasteiger partial charge in [-0.25, -0.2) is 9.78 Å². The molecule has 9 heteroatoms. The van der Waals surface area contributed by atoms with E-state index in [1.807, 2.05) is 0 Å². The summed E-state index contributed by atoms with van der Waals surface area (Å²) in [6, 6.07) is 10.2. The normalized spacial score (nSPS) is 12.3. The highest BCUT2D eigenvalue weighted by molar-refractivity contribution is 6.35. The number of rotatable bonds is 6. The van der Waals surface area contributed by atoms with Crippen LogP contribution in [0.5, 0.6) is 0 Å². The molecule has 1 heterocycles. The van der Waals surface area contributed by atoms with Crippen molar-refractivity contribution in [2.75, 3.05) is 12.3 Å². The molecule has 142 valence electrons. The van der Waals surface area contributed by atoms with Crippen molar-refractivity contribution in [3.05, 3.63) is 57.8 Å². The molecule has 2 aromatic carbocycles. The van der Waals surface area contributed by atoms with Gasteiger partial charge in [-0.3, -0.25) is 0 Å². The summed E-state index contributed by atoms with van der Waals surface area (Å²) >= 11 is 12.2. The van der Waals surface area contributed by atoms with Gasteiger partial charge < -0.3 is 25.8 Å². The maximum atomic E-state index is 10.9. The molecule has 0 spiro atoms. The monoisotopic (exact) mass is 408 g/mol. The van der Waals surface area contributed by atoms with Crippen LogP contribution in [0.2, 0.25) is 10.0 Å². The fourth-order valence-corrected chi connectivity index (χ4v) is 3.47. The molecule has 0 aliphatic carbocycles. The number of fused-ring (bicyclic) bond motifs is 1. The van der Waals surface area contributed by atoms with Gasteiger partial charge in [0.25, 0.3) is 0 Å². The number of nitrogens with zero attached hydrogens (tertiary/aromatic N) is 2. The number of aryl methyl sites for hydroxylation is 1. The second-order valence-electron chi connectivity index (χ2n) is 5.99. The van der Waals surface area contributed by atoms with Gasteiger partial charge in [0.05, 0.1) is 16.7 Å². The zero-order chi connectivity index (χ0) is 19.6. The van der Waals surface area contributed by atoms with Gasteiger partial charge in [-0.15, -0.1) is 0 Å². The third kappa shape index (κ3) is 4.10. The average Bonchev–Trinajstić information content (AvgIpc) is 2.98. The molecule has 0 saturated heterocycles. The zero-order valence-electron chi connectivity index (χ0n) is 14.2. The number of carboxylic acid groups (broad SMARTS) is 1. The van der Waals surface area contributed by atoms with Gasteiger partial charge in [0, 0.05) is 28.7 Å². The minimum absolute atomic E-state index is 0.263. The van der Waals surface area contributed by atoms with E-state index >= 15 is 0 Å². The number of hydrogen-bond acceptors (Lipinski definition) is 4. The molecule has 0 radical (unpaired) electrons. The summed E-state index contributed by atoms with van der Waals surface area (Å²) in [5.41, 5.74) is 8.43. The number of amides is 1. The van der Waals surface area contributed by atoms with Gasteiger partial charge in [0.2, 0.25) is 0 Å². The van der Waals surface area contributed by atoms with Crippen LogP contribution in [0, 0.1) is 0 Å². The van der Waals surface area contributed by atoms with Crippen LogP contribution >= 0.6 is 23.2 Å². The van der Waals surface area contributed by atoms with E-state index < -0.39 is 12.2 Å². The van der Waals surface area contributed by atoms with E-state index in [0.29, 0.717) is 51.1 Å². The lowest BCUT2D eigenvalue weighted by Gasteiger charge is -2.16. The first-order chi connectivity index (χ1) is 12.9. The largest absolute Gasteiger partial charge is 0.465 e. The number of anilines is 1. The predicted octanol–water partition coefficient (Wildman–Crippen LogP) is 3.66. The summed E-state index contributed by atoms with van der Waals surface area (Å²) in [7, 11) is 0. The van der Waals surface area contributed by atoms with Crippen LogP contribution in [0.1, 0.15) is 23.9 Å². The molecule has 3 rings (SSSR count). The molecule has 1 atom stereocenters. The summed E-state index contributed by atoms with van der Waals surface area (Å²) in [5.74, 6) is 0.377. The van der Waals surface area contributed by atoms with Crippen molar-refractivity contribution in [2.45, 2.75) is 19.1 Å². The van der Waals surface area contributed by atoms with E-state index in [-0.39, 0.29) is 6.54 Å². The number of aromatic nitrogens is 2. The Balaban J connectivity index is 2.01. The van der Waals surface area contributed by atoms with Crippen molar-refractivity contribution in [1.82, 2.24) is 14.9 Å². The van der Waals surface area contributed by atoms with E-state index in [2.05, 4.69) is 10.3 Å². The van der Waals surface area contributed by atoms with Crippen molar-refractivity contribution in [1.29, 1.82) is 0 Å². The number of aliphatic hydroxyl groups is 1. The highest BCUT2D eigenvalue weighted by Crippen LogP contribution is 2.33. The minimum Gasteiger partial charge on any atom is -0.465 e. The van der Waals surface area contributed by atoms with E-state index in [4.69, 9.17) is 34.0 Å². The highest BCUT2D eigenvalue weighted by atomic mass is 35.5. The predicted molar refractivity (Wildman–Crippen MR) is 105 cm³/mol. The standard InChI is InChI=1S/C18H18Cl2N4O3/c19-10-5-6-11(12(20)9-10)16(25)17-23-14-4-1-3-13(21)15(14)24(17)8-2-7-22-18(26)27/h1,3-6,9,16,22,25H,2,7-8,21H2,(H,26,27). The fraction of sp³-hybridized carbons (Fsp3) is 0.222. The van der Waals surface area contributed by atoms with Gasteiger partial charge in [0.1, 0.15) is 11.9 Å². The lowest BCUT2D eigenvalue weighted by atomic mass is 10.1. The van der Waals surface area contributed by atoms with E-state index in [0.717, 1.165) is 0 Å². The van der Waals surface area contributed by atoms with Crippen LogP contribution in [0.15, 0.2) is 36.4 Å². The molecule has 0 fully saturated rings. The van der Waals surface area contributed by atoms with Crippen LogP contribution in [-0.2, 0) is 6.54 Å². The molecule has 3 aromatic rings. The summed E-state index contributed by atoms with van der Waals surface area (Å²) in [6.07, 6.45) is -1.67. The summed E-state index contributed by atoms with van der Waals surface area (Å²) in [6.45, 7) is 0.682. The van der Waals surface area contributed by atoms with Crippen LogP contribution in [-0.4, -0.2) is 32.4 Å². The lowest BCUT2D eigenvalue weighted by molar-refractivity contribution is 0.193. The SMILES string of the molecule is Nc1cccc2nc(C(O)c3ccc(Cl)cc3Cl)n(CCCNC(=O)O)c12. The smallest absolute Gasteiger partial charge is 0.404 e. The Labute approximate surface area is 165 Å². The Morgan fingerprint density at radius 3 is 2.78 bits per heavy atom. The van der Waals surface area contributed by atoms with Gasteiger partial charge in [-0.05, 0) is 30.7 Å². The first kappa shape index (κ1) is 19.3. The summed E-state index contributed by atoms with van der Waals surface area (Å²) in [5, 5.41) is 22.7. The number of aliphatic hydroxyl groups excluding tert-OH is 1. The Morgan fingerprint density at radius 2 is 2.07 bits per heavy atom. The number of carbonyl (C=O) groups is 1. The van der Waals surface area contributed by atoms with Crippen molar-refractivity contribution < 1.29 is 15.0 Å². The molecule has 1 unspecified atom stereocenters. The number of nitrogens with one attached hydrogen (secondary N) is 1. The fourth-order valence-electron chi connectivity index (χ4n) is 2.96. The number of nitrogens with two attached hydrogens (primary N) is 1. The molecule has 27 heavy (non-hydrogen) atoms. The molecule has 0 aliphatic heterocycles. The van der Waals surface area contributed by atoms with Gasteiger partial charge >= 0.3 is 6.09 Å².